The second kappa shape index (κ2) is 7.96. The third kappa shape index (κ3) is 3.88. The van der Waals surface area contributed by atoms with Crippen LogP contribution in [-0.2, 0) is 11.2 Å². The first kappa shape index (κ1) is 17.8. The Bertz CT molecular complexity index is 1070. The molecular weight excluding hydrogens is 350 g/mol. The number of carbonyl (C=O) groups is 1. The van der Waals surface area contributed by atoms with E-state index in [-0.39, 0.29) is 5.91 Å². The molecule has 0 aliphatic carbocycles. The summed E-state index contributed by atoms with van der Waals surface area (Å²) in [7, 11) is 1.64. The minimum Gasteiger partial charge on any atom is -0.497 e. The average Bonchev–Trinajstić information content (AvgIpc) is 3.17. The third-order valence-corrected chi connectivity index (χ3v) is 4.65. The molecule has 4 aromatic rings. The van der Waals surface area contributed by atoms with Gasteiger partial charge in [-0.25, -0.2) is 4.98 Å². The van der Waals surface area contributed by atoms with Crippen LogP contribution >= 0.6 is 0 Å². The minimum absolute atomic E-state index is 0.0284. The number of aryl methyl sites for hydroxylation is 1. The largest absolute Gasteiger partial charge is 0.497 e. The van der Waals surface area contributed by atoms with Gasteiger partial charge in [0.25, 0.3) is 0 Å². The van der Waals surface area contributed by atoms with E-state index in [1.165, 1.54) is 0 Å². The molecule has 0 atom stereocenters. The number of hydrogen-bond acceptors (Lipinski definition) is 3. The Balaban J connectivity index is 1.47. The van der Waals surface area contributed by atoms with Gasteiger partial charge in [-0.1, -0.05) is 36.4 Å². The molecule has 0 radical (unpaired) electrons. The molecule has 1 amide bonds. The summed E-state index contributed by atoms with van der Waals surface area (Å²) in [5.74, 6) is 1.53. The van der Waals surface area contributed by atoms with E-state index in [1.54, 1.807) is 7.11 Å². The van der Waals surface area contributed by atoms with E-state index < -0.39 is 0 Å². The number of H-pyrrole nitrogens is 1. The smallest absolute Gasteiger partial charge is 0.224 e. The van der Waals surface area contributed by atoms with Crippen molar-refractivity contribution in [2.24, 2.45) is 0 Å². The van der Waals surface area contributed by atoms with Gasteiger partial charge < -0.3 is 15.0 Å². The van der Waals surface area contributed by atoms with E-state index in [4.69, 9.17) is 4.74 Å². The first-order chi connectivity index (χ1) is 13.7. The molecule has 0 aliphatic rings. The number of rotatable bonds is 6. The molecule has 2 N–H and O–H groups in total. The molecule has 0 fully saturated rings. The van der Waals surface area contributed by atoms with Gasteiger partial charge in [0.2, 0.25) is 5.91 Å². The molecule has 5 nitrogen and oxygen atoms in total. The van der Waals surface area contributed by atoms with E-state index in [0.29, 0.717) is 12.8 Å². The number of benzene rings is 3. The number of ether oxygens (including phenoxy) is 1. The zero-order valence-electron chi connectivity index (χ0n) is 15.6. The van der Waals surface area contributed by atoms with Crippen LogP contribution in [-0.4, -0.2) is 23.0 Å². The van der Waals surface area contributed by atoms with Crippen LogP contribution in [0, 0.1) is 0 Å². The molecular formula is C23H21N3O2. The molecule has 4 rings (SSSR count). The first-order valence-corrected chi connectivity index (χ1v) is 9.20. The number of carbonyl (C=O) groups excluding carboxylic acids is 1. The van der Waals surface area contributed by atoms with Crippen molar-refractivity contribution < 1.29 is 9.53 Å². The average molecular weight is 371 g/mol. The molecule has 0 bridgehead atoms. The van der Waals surface area contributed by atoms with Crippen LogP contribution in [0.15, 0.2) is 72.8 Å². The third-order valence-electron chi connectivity index (χ3n) is 4.65. The Morgan fingerprint density at radius 1 is 1.00 bits per heavy atom. The lowest BCUT2D eigenvalue weighted by atomic mass is 10.1. The van der Waals surface area contributed by atoms with Gasteiger partial charge in [0.15, 0.2) is 0 Å². The van der Waals surface area contributed by atoms with Gasteiger partial charge in [0.05, 0.1) is 23.8 Å². The van der Waals surface area contributed by atoms with Gasteiger partial charge in [-0.3, -0.25) is 4.79 Å². The van der Waals surface area contributed by atoms with Crippen molar-refractivity contribution in [1.82, 2.24) is 9.97 Å². The lowest BCUT2D eigenvalue weighted by Gasteiger charge is -2.10. The molecule has 140 valence electrons. The number of amides is 1. The SMILES string of the molecule is COc1ccc(CCC(=O)Nc2ccccc2-c2nc3ccccc3[nH]2)cc1. The van der Waals surface area contributed by atoms with Crippen molar-refractivity contribution in [3.05, 3.63) is 78.4 Å². The van der Waals surface area contributed by atoms with Crippen LogP contribution in [0.1, 0.15) is 12.0 Å². The second-order valence-corrected chi connectivity index (χ2v) is 6.54. The maximum absolute atomic E-state index is 12.5. The quantitative estimate of drug-likeness (QED) is 0.511. The molecule has 0 saturated carbocycles. The molecule has 3 aromatic carbocycles. The van der Waals surface area contributed by atoms with Crippen LogP contribution in [0.25, 0.3) is 22.4 Å². The highest BCUT2D eigenvalue weighted by atomic mass is 16.5. The zero-order valence-corrected chi connectivity index (χ0v) is 15.6. The fourth-order valence-electron chi connectivity index (χ4n) is 3.14. The molecule has 0 aliphatic heterocycles. The summed E-state index contributed by atoms with van der Waals surface area (Å²) >= 11 is 0. The summed E-state index contributed by atoms with van der Waals surface area (Å²) < 4.78 is 5.16. The number of imidazole rings is 1. The number of methoxy groups -OCH3 is 1. The van der Waals surface area contributed by atoms with E-state index in [2.05, 4.69) is 15.3 Å². The van der Waals surface area contributed by atoms with Crippen LogP contribution in [0.4, 0.5) is 5.69 Å². The lowest BCUT2D eigenvalue weighted by Crippen LogP contribution is -2.13. The van der Waals surface area contributed by atoms with Gasteiger partial charge >= 0.3 is 0 Å². The number of para-hydroxylation sites is 3. The summed E-state index contributed by atoms with van der Waals surface area (Å²) in [5, 5.41) is 3.02. The fourth-order valence-corrected chi connectivity index (χ4v) is 3.14. The second-order valence-electron chi connectivity index (χ2n) is 6.54. The number of hydrogen-bond donors (Lipinski definition) is 2. The molecule has 0 spiro atoms. The maximum atomic E-state index is 12.5. The van der Waals surface area contributed by atoms with Gasteiger partial charge in [0.1, 0.15) is 11.6 Å². The highest BCUT2D eigenvalue weighted by molar-refractivity contribution is 5.95. The van der Waals surface area contributed by atoms with Crippen molar-refractivity contribution in [2.45, 2.75) is 12.8 Å². The monoisotopic (exact) mass is 371 g/mol. The van der Waals surface area contributed by atoms with E-state index in [1.807, 2.05) is 72.8 Å². The van der Waals surface area contributed by atoms with Gasteiger partial charge in [-0.2, -0.15) is 0 Å². The Morgan fingerprint density at radius 3 is 2.54 bits per heavy atom. The minimum atomic E-state index is -0.0284. The Kier molecular flexibility index (Phi) is 5.06. The van der Waals surface area contributed by atoms with E-state index >= 15 is 0 Å². The molecule has 1 aromatic heterocycles. The number of fused-ring (bicyclic) bond motifs is 1. The number of nitrogens with zero attached hydrogens (tertiary/aromatic N) is 1. The lowest BCUT2D eigenvalue weighted by molar-refractivity contribution is -0.116. The van der Waals surface area contributed by atoms with Crippen molar-refractivity contribution >= 4 is 22.6 Å². The fraction of sp³-hybridized carbons (Fsp3) is 0.130. The van der Waals surface area contributed by atoms with Gasteiger partial charge in [0, 0.05) is 12.0 Å². The number of aromatic amines is 1. The maximum Gasteiger partial charge on any atom is 0.224 e. The van der Waals surface area contributed by atoms with Gasteiger partial charge in [-0.05, 0) is 48.4 Å². The predicted molar refractivity (Wildman–Crippen MR) is 111 cm³/mol. The Labute approximate surface area is 163 Å². The molecule has 5 heteroatoms. The standard InChI is InChI=1S/C23H21N3O2/c1-28-17-13-10-16(11-14-17)12-15-22(27)24-19-7-3-2-6-18(19)23-25-20-8-4-5-9-21(20)26-23/h2-11,13-14H,12,15H2,1H3,(H,24,27)(H,25,26). The first-order valence-electron chi connectivity index (χ1n) is 9.20. The molecule has 28 heavy (non-hydrogen) atoms. The normalized spacial score (nSPS) is 10.8. The zero-order chi connectivity index (χ0) is 19.3. The summed E-state index contributed by atoms with van der Waals surface area (Å²) in [5.41, 5.74) is 4.59. The van der Waals surface area contributed by atoms with Crippen LogP contribution in [0.3, 0.4) is 0 Å². The van der Waals surface area contributed by atoms with Crippen molar-refractivity contribution in [2.75, 3.05) is 12.4 Å². The molecule has 0 saturated heterocycles. The number of anilines is 1. The summed E-state index contributed by atoms with van der Waals surface area (Å²) in [6, 6.07) is 23.4. The van der Waals surface area contributed by atoms with E-state index in [9.17, 15) is 4.79 Å². The Hall–Kier alpha value is -3.60. The molecule has 0 unspecified atom stereocenters. The highest BCUT2D eigenvalue weighted by Gasteiger charge is 2.12. The van der Waals surface area contributed by atoms with E-state index in [0.717, 1.165) is 39.4 Å². The van der Waals surface area contributed by atoms with Crippen LogP contribution in [0.2, 0.25) is 0 Å². The molecule has 1 heterocycles. The summed E-state index contributed by atoms with van der Waals surface area (Å²) in [6.07, 6.45) is 1.07. The highest BCUT2D eigenvalue weighted by Crippen LogP contribution is 2.27. The van der Waals surface area contributed by atoms with Gasteiger partial charge in [-0.15, -0.1) is 0 Å². The van der Waals surface area contributed by atoms with Crippen molar-refractivity contribution in [3.8, 4) is 17.1 Å². The predicted octanol–water partition coefficient (Wildman–Crippen LogP) is 4.81. The van der Waals surface area contributed by atoms with Crippen molar-refractivity contribution in [1.29, 1.82) is 0 Å². The van der Waals surface area contributed by atoms with Crippen LogP contribution in [0.5, 0.6) is 5.75 Å². The number of nitrogens with one attached hydrogen (secondary N) is 2. The number of aromatic nitrogens is 2. The Morgan fingerprint density at radius 2 is 1.75 bits per heavy atom. The summed E-state index contributed by atoms with van der Waals surface area (Å²) in [6.45, 7) is 0. The summed E-state index contributed by atoms with van der Waals surface area (Å²) in [4.78, 5) is 20.5. The topological polar surface area (TPSA) is 67.0 Å². The van der Waals surface area contributed by atoms with Crippen LogP contribution < -0.4 is 10.1 Å². The van der Waals surface area contributed by atoms with Crippen molar-refractivity contribution in [3.63, 3.8) is 0 Å².